The van der Waals surface area contributed by atoms with E-state index < -0.39 is 0 Å². The molecule has 4 nitrogen and oxygen atoms in total. The Bertz CT molecular complexity index is 1030. The summed E-state index contributed by atoms with van der Waals surface area (Å²) in [6.45, 7) is 0. The first-order valence-electron chi connectivity index (χ1n) is 9.19. The molecule has 0 aliphatic carbocycles. The molecule has 0 bridgehead atoms. The van der Waals surface area contributed by atoms with Gasteiger partial charge in [-0.1, -0.05) is 35.3 Å². The minimum Gasteiger partial charge on any atom is -0.497 e. The molecule has 0 saturated heterocycles. The first kappa shape index (κ1) is 19.6. The third-order valence-corrected chi connectivity index (χ3v) is 5.54. The number of hydrogen-bond acceptors (Lipinski definition) is 4. The molecule has 0 spiro atoms. The highest BCUT2D eigenvalue weighted by Gasteiger charge is 2.31. The number of methoxy groups -OCH3 is 2. The van der Waals surface area contributed by atoms with Gasteiger partial charge < -0.3 is 9.47 Å². The number of anilines is 1. The quantitative estimate of drug-likeness (QED) is 0.475. The molecular weight excluding hydrogens is 407 g/mol. The number of rotatable bonds is 5. The van der Waals surface area contributed by atoms with E-state index in [4.69, 9.17) is 37.8 Å². The molecule has 0 saturated carbocycles. The van der Waals surface area contributed by atoms with Crippen LogP contribution in [0.5, 0.6) is 11.5 Å². The highest BCUT2D eigenvalue weighted by Crippen LogP contribution is 2.41. The van der Waals surface area contributed by atoms with E-state index in [-0.39, 0.29) is 6.04 Å². The van der Waals surface area contributed by atoms with Crippen LogP contribution in [0.4, 0.5) is 5.69 Å². The van der Waals surface area contributed by atoms with Gasteiger partial charge in [0.15, 0.2) is 0 Å². The SMILES string of the molecule is COc1ccc(C2=NN(c3cc(Cl)ccc3Cl)[C@@H](c3ccc(OC)cc3)C2)cc1. The summed E-state index contributed by atoms with van der Waals surface area (Å²) in [7, 11) is 3.32. The second-order valence-electron chi connectivity index (χ2n) is 6.71. The molecule has 4 rings (SSSR count). The Balaban J connectivity index is 1.75. The van der Waals surface area contributed by atoms with E-state index >= 15 is 0 Å². The molecule has 3 aromatic carbocycles. The third kappa shape index (κ3) is 4.04. The van der Waals surface area contributed by atoms with Crippen molar-refractivity contribution in [1.82, 2.24) is 0 Å². The topological polar surface area (TPSA) is 34.1 Å². The molecule has 1 atom stereocenters. The van der Waals surface area contributed by atoms with E-state index in [1.54, 1.807) is 26.4 Å². The van der Waals surface area contributed by atoms with Crippen LogP contribution in [0, 0.1) is 0 Å². The molecule has 0 radical (unpaired) electrons. The van der Waals surface area contributed by atoms with Crippen molar-refractivity contribution in [1.29, 1.82) is 0 Å². The summed E-state index contributed by atoms with van der Waals surface area (Å²) in [4.78, 5) is 0. The van der Waals surface area contributed by atoms with Crippen LogP contribution in [0.3, 0.4) is 0 Å². The zero-order valence-corrected chi connectivity index (χ0v) is 17.6. The molecule has 0 aromatic heterocycles. The van der Waals surface area contributed by atoms with Crippen LogP contribution in [0.25, 0.3) is 0 Å². The molecular formula is C23H20Cl2N2O2. The molecule has 6 heteroatoms. The van der Waals surface area contributed by atoms with E-state index in [9.17, 15) is 0 Å². The van der Waals surface area contributed by atoms with Crippen molar-refractivity contribution in [2.45, 2.75) is 12.5 Å². The van der Waals surface area contributed by atoms with Gasteiger partial charge in [-0.05, 0) is 65.7 Å². The van der Waals surface area contributed by atoms with E-state index in [1.165, 1.54) is 0 Å². The van der Waals surface area contributed by atoms with E-state index in [1.807, 2.05) is 47.5 Å². The van der Waals surface area contributed by atoms with Crippen LogP contribution >= 0.6 is 23.2 Å². The molecule has 1 heterocycles. The zero-order valence-electron chi connectivity index (χ0n) is 16.1. The molecule has 1 aliphatic rings. The fraction of sp³-hybridized carbons (Fsp3) is 0.174. The number of hydrogen-bond donors (Lipinski definition) is 0. The Kier molecular flexibility index (Phi) is 5.65. The molecule has 0 amide bonds. The predicted octanol–water partition coefficient (Wildman–Crippen LogP) is 6.37. The van der Waals surface area contributed by atoms with Crippen molar-refractivity contribution in [3.8, 4) is 11.5 Å². The summed E-state index contributed by atoms with van der Waals surface area (Å²) in [6, 6.07) is 21.4. The minimum absolute atomic E-state index is 0.00558. The van der Waals surface area contributed by atoms with Crippen LogP contribution in [0.2, 0.25) is 10.0 Å². The van der Waals surface area contributed by atoms with Gasteiger partial charge in [0.05, 0.1) is 36.7 Å². The molecule has 3 aromatic rings. The molecule has 148 valence electrons. The van der Waals surface area contributed by atoms with E-state index in [2.05, 4.69) is 12.1 Å². The Hall–Kier alpha value is -2.69. The highest BCUT2D eigenvalue weighted by atomic mass is 35.5. The van der Waals surface area contributed by atoms with Gasteiger partial charge in [-0.2, -0.15) is 5.10 Å². The van der Waals surface area contributed by atoms with Crippen molar-refractivity contribution in [2.24, 2.45) is 5.10 Å². The minimum atomic E-state index is -0.00558. The Morgan fingerprint density at radius 3 is 2.10 bits per heavy atom. The summed E-state index contributed by atoms with van der Waals surface area (Å²) >= 11 is 12.8. The summed E-state index contributed by atoms with van der Waals surface area (Å²) in [5.74, 6) is 1.63. The second kappa shape index (κ2) is 8.36. The van der Waals surface area contributed by atoms with Gasteiger partial charge in [-0.25, -0.2) is 0 Å². The number of ether oxygens (including phenoxy) is 2. The lowest BCUT2D eigenvalue weighted by molar-refractivity contribution is 0.414. The lowest BCUT2D eigenvalue weighted by atomic mass is 9.98. The Morgan fingerprint density at radius 2 is 1.48 bits per heavy atom. The van der Waals surface area contributed by atoms with E-state index in [0.717, 1.165) is 40.4 Å². The highest BCUT2D eigenvalue weighted by molar-refractivity contribution is 6.35. The van der Waals surface area contributed by atoms with Gasteiger partial charge in [-0.3, -0.25) is 5.01 Å². The standard InChI is InChI=1S/C23H20Cl2N2O2/c1-28-18-8-3-15(4-9-18)21-14-22(16-5-10-19(29-2)11-6-16)27(26-21)23-13-17(24)7-12-20(23)25/h3-13,22H,14H2,1-2H3/t22-/m1/s1. The maximum absolute atomic E-state index is 6.50. The van der Waals surface area contributed by atoms with Crippen molar-refractivity contribution >= 4 is 34.6 Å². The molecule has 0 N–H and O–H groups in total. The Morgan fingerprint density at radius 1 is 0.862 bits per heavy atom. The van der Waals surface area contributed by atoms with Crippen LogP contribution < -0.4 is 14.5 Å². The summed E-state index contributed by atoms with van der Waals surface area (Å²) in [6.07, 6.45) is 0.738. The van der Waals surface area contributed by atoms with Crippen LogP contribution in [-0.4, -0.2) is 19.9 Å². The zero-order chi connectivity index (χ0) is 20.4. The smallest absolute Gasteiger partial charge is 0.118 e. The number of benzene rings is 3. The van der Waals surface area contributed by atoms with Crippen molar-refractivity contribution in [3.05, 3.63) is 87.9 Å². The average molecular weight is 427 g/mol. The molecule has 0 fully saturated rings. The van der Waals surface area contributed by atoms with Gasteiger partial charge in [0.25, 0.3) is 0 Å². The summed E-state index contributed by atoms with van der Waals surface area (Å²) < 4.78 is 10.6. The van der Waals surface area contributed by atoms with E-state index in [0.29, 0.717) is 10.0 Å². The Labute approximate surface area is 180 Å². The molecule has 0 unspecified atom stereocenters. The second-order valence-corrected chi connectivity index (χ2v) is 7.55. The van der Waals surface area contributed by atoms with Gasteiger partial charge >= 0.3 is 0 Å². The van der Waals surface area contributed by atoms with Gasteiger partial charge in [0.1, 0.15) is 11.5 Å². The summed E-state index contributed by atoms with van der Waals surface area (Å²) in [5, 5.41) is 8.10. The van der Waals surface area contributed by atoms with Crippen molar-refractivity contribution in [2.75, 3.05) is 19.2 Å². The van der Waals surface area contributed by atoms with Crippen LogP contribution in [0.15, 0.2) is 71.8 Å². The predicted molar refractivity (Wildman–Crippen MR) is 119 cm³/mol. The fourth-order valence-electron chi connectivity index (χ4n) is 3.44. The molecule has 29 heavy (non-hydrogen) atoms. The number of hydrazone groups is 1. The van der Waals surface area contributed by atoms with Gasteiger partial charge in [0.2, 0.25) is 0 Å². The lowest BCUT2D eigenvalue weighted by Gasteiger charge is -2.25. The first-order chi connectivity index (χ1) is 14.1. The van der Waals surface area contributed by atoms with Crippen molar-refractivity contribution < 1.29 is 9.47 Å². The maximum Gasteiger partial charge on any atom is 0.118 e. The fourth-order valence-corrected chi connectivity index (χ4v) is 3.81. The lowest BCUT2D eigenvalue weighted by Crippen LogP contribution is -2.18. The first-order valence-corrected chi connectivity index (χ1v) is 9.95. The van der Waals surface area contributed by atoms with Gasteiger partial charge in [0, 0.05) is 11.4 Å². The number of nitrogens with zero attached hydrogens (tertiary/aromatic N) is 2. The number of halogens is 2. The van der Waals surface area contributed by atoms with Crippen LogP contribution in [0.1, 0.15) is 23.6 Å². The third-order valence-electron chi connectivity index (χ3n) is 4.99. The monoisotopic (exact) mass is 426 g/mol. The normalized spacial score (nSPS) is 15.9. The average Bonchev–Trinajstić information content (AvgIpc) is 3.20. The molecule has 1 aliphatic heterocycles. The van der Waals surface area contributed by atoms with Crippen molar-refractivity contribution in [3.63, 3.8) is 0 Å². The van der Waals surface area contributed by atoms with Crippen LogP contribution in [-0.2, 0) is 0 Å². The maximum atomic E-state index is 6.50. The largest absolute Gasteiger partial charge is 0.497 e. The van der Waals surface area contributed by atoms with Gasteiger partial charge in [-0.15, -0.1) is 0 Å². The summed E-state index contributed by atoms with van der Waals surface area (Å²) in [5.41, 5.74) is 3.92.